The minimum atomic E-state index is -0.962. The molecule has 0 aliphatic carbocycles. The largest absolute Gasteiger partial charge is 0.461 e. The van der Waals surface area contributed by atoms with Crippen molar-refractivity contribution in [1.29, 1.82) is 0 Å². The Morgan fingerprint density at radius 2 is 1.50 bits per heavy atom. The van der Waals surface area contributed by atoms with Crippen LogP contribution in [0.2, 0.25) is 0 Å². The molecule has 2 heterocycles. The van der Waals surface area contributed by atoms with Crippen LogP contribution in [0.4, 0.5) is 0 Å². The van der Waals surface area contributed by atoms with E-state index in [1.54, 1.807) is 12.1 Å². The summed E-state index contributed by atoms with van der Waals surface area (Å²) in [7, 11) is 0. The van der Waals surface area contributed by atoms with E-state index in [9.17, 15) is 14.4 Å². The molecule has 2 rings (SSSR count). The van der Waals surface area contributed by atoms with E-state index in [0.717, 1.165) is 0 Å². The lowest BCUT2D eigenvalue weighted by atomic mass is 9.90. The summed E-state index contributed by atoms with van der Waals surface area (Å²) in [5.41, 5.74) is 0. The first-order valence-corrected chi connectivity index (χ1v) is 6.24. The van der Waals surface area contributed by atoms with Crippen LogP contribution < -0.4 is 0 Å². The fourth-order valence-corrected chi connectivity index (χ4v) is 1.91. The van der Waals surface area contributed by atoms with Crippen LogP contribution in [0, 0.1) is 5.92 Å². The average Bonchev–Trinajstić information content (AvgIpc) is 3.11. The van der Waals surface area contributed by atoms with E-state index in [1.807, 2.05) is 0 Å². The number of furan rings is 2. The van der Waals surface area contributed by atoms with Gasteiger partial charge in [0, 0.05) is 6.42 Å². The van der Waals surface area contributed by atoms with Gasteiger partial charge in [-0.3, -0.25) is 9.59 Å². The first kappa shape index (κ1) is 14.0. The van der Waals surface area contributed by atoms with Crippen LogP contribution in [-0.2, 0) is 4.79 Å². The summed E-state index contributed by atoms with van der Waals surface area (Å²) in [6.07, 6.45) is 3.04. The van der Waals surface area contributed by atoms with Crippen LogP contribution in [0.15, 0.2) is 45.6 Å². The fraction of sp³-hybridized carbons (Fsp3) is 0.267. The van der Waals surface area contributed by atoms with E-state index < -0.39 is 17.5 Å². The molecule has 20 heavy (non-hydrogen) atoms. The van der Waals surface area contributed by atoms with E-state index in [2.05, 4.69) is 0 Å². The molecular formula is C15H14O5. The van der Waals surface area contributed by atoms with Crippen molar-refractivity contribution < 1.29 is 23.2 Å². The van der Waals surface area contributed by atoms with Crippen molar-refractivity contribution in [2.45, 2.75) is 19.8 Å². The van der Waals surface area contributed by atoms with Crippen molar-refractivity contribution in [2.24, 2.45) is 5.92 Å². The normalized spacial score (nSPS) is 10.7. The maximum atomic E-state index is 12.3. The highest BCUT2D eigenvalue weighted by atomic mass is 16.3. The zero-order valence-electron chi connectivity index (χ0n) is 11.0. The Morgan fingerprint density at radius 3 is 1.85 bits per heavy atom. The molecule has 0 spiro atoms. The van der Waals surface area contributed by atoms with Crippen LogP contribution in [0.25, 0.3) is 0 Å². The lowest BCUT2D eigenvalue weighted by Crippen LogP contribution is -2.24. The summed E-state index contributed by atoms with van der Waals surface area (Å²) < 4.78 is 10.1. The molecule has 0 saturated heterocycles. The topological polar surface area (TPSA) is 77.5 Å². The summed E-state index contributed by atoms with van der Waals surface area (Å²) in [5, 5.41) is 0. The summed E-state index contributed by atoms with van der Waals surface area (Å²) in [6, 6.07) is 6.15. The number of hydrogen-bond donors (Lipinski definition) is 0. The Bertz CT molecular complexity index is 546. The summed E-state index contributed by atoms with van der Waals surface area (Å²) in [5.74, 6) is -1.68. The Kier molecular flexibility index (Phi) is 4.30. The highest BCUT2D eigenvalue weighted by molar-refractivity contribution is 6.14. The first-order valence-electron chi connectivity index (χ1n) is 6.24. The van der Waals surface area contributed by atoms with Crippen molar-refractivity contribution in [1.82, 2.24) is 0 Å². The molecule has 0 fully saturated rings. The van der Waals surface area contributed by atoms with Crippen LogP contribution in [0.3, 0.4) is 0 Å². The van der Waals surface area contributed by atoms with Crippen molar-refractivity contribution in [2.75, 3.05) is 0 Å². The van der Waals surface area contributed by atoms with E-state index in [-0.39, 0.29) is 30.1 Å². The summed E-state index contributed by atoms with van der Waals surface area (Å²) in [4.78, 5) is 35.7. The van der Waals surface area contributed by atoms with Gasteiger partial charge in [0.05, 0.1) is 18.4 Å². The number of carbonyl (C=O) groups excluding carboxylic acids is 3. The molecule has 5 heteroatoms. The predicted molar refractivity (Wildman–Crippen MR) is 69.5 cm³/mol. The van der Waals surface area contributed by atoms with E-state index >= 15 is 0 Å². The quantitative estimate of drug-likeness (QED) is 0.573. The third-order valence-electron chi connectivity index (χ3n) is 2.95. The van der Waals surface area contributed by atoms with Gasteiger partial charge in [0.15, 0.2) is 11.5 Å². The van der Waals surface area contributed by atoms with Crippen LogP contribution in [0.1, 0.15) is 40.9 Å². The van der Waals surface area contributed by atoms with Crippen LogP contribution >= 0.6 is 0 Å². The van der Waals surface area contributed by atoms with Gasteiger partial charge in [-0.15, -0.1) is 0 Å². The number of ketones is 3. The third-order valence-corrected chi connectivity index (χ3v) is 2.95. The van der Waals surface area contributed by atoms with E-state index in [0.29, 0.717) is 0 Å². The van der Waals surface area contributed by atoms with Crippen molar-refractivity contribution in [3.05, 3.63) is 48.3 Å². The van der Waals surface area contributed by atoms with Crippen molar-refractivity contribution in [3.8, 4) is 0 Å². The van der Waals surface area contributed by atoms with Crippen LogP contribution in [0.5, 0.6) is 0 Å². The Labute approximate surface area is 115 Å². The molecule has 5 nitrogen and oxygen atoms in total. The average molecular weight is 274 g/mol. The molecular weight excluding hydrogens is 260 g/mol. The molecule has 2 aromatic rings. The Balaban J connectivity index is 2.22. The molecule has 0 radical (unpaired) electrons. The molecule has 2 aromatic heterocycles. The van der Waals surface area contributed by atoms with Gasteiger partial charge in [0.25, 0.3) is 0 Å². The van der Waals surface area contributed by atoms with Gasteiger partial charge < -0.3 is 13.6 Å². The van der Waals surface area contributed by atoms with Gasteiger partial charge in [-0.2, -0.15) is 0 Å². The van der Waals surface area contributed by atoms with Gasteiger partial charge in [-0.1, -0.05) is 0 Å². The Hall–Kier alpha value is -2.43. The first-order chi connectivity index (χ1) is 9.59. The molecule has 0 saturated carbocycles. The molecule has 0 aliphatic rings. The number of rotatable bonds is 7. The maximum absolute atomic E-state index is 12.3. The van der Waals surface area contributed by atoms with Gasteiger partial charge in [-0.05, 0) is 37.6 Å². The summed E-state index contributed by atoms with van der Waals surface area (Å²) in [6.45, 7) is 1.42. The van der Waals surface area contributed by atoms with Gasteiger partial charge >= 0.3 is 0 Å². The number of carbonyl (C=O) groups is 3. The Morgan fingerprint density at radius 1 is 1.00 bits per heavy atom. The second kappa shape index (κ2) is 6.14. The lowest BCUT2D eigenvalue weighted by Gasteiger charge is -2.11. The molecule has 0 N–H and O–H groups in total. The highest BCUT2D eigenvalue weighted by Gasteiger charge is 2.31. The zero-order valence-corrected chi connectivity index (χ0v) is 11.0. The SMILES string of the molecule is CC(=O)CCC(C(=O)c1ccco1)C(=O)c1ccco1. The smallest absolute Gasteiger partial charge is 0.208 e. The highest BCUT2D eigenvalue weighted by Crippen LogP contribution is 2.20. The standard InChI is InChI=1S/C15H14O5/c1-10(16)6-7-11(14(17)12-4-2-8-19-12)15(18)13-5-3-9-20-13/h2-5,8-9,11H,6-7H2,1H3. The molecule has 0 aromatic carbocycles. The van der Waals surface area contributed by atoms with Gasteiger partial charge in [0.2, 0.25) is 11.6 Å². The summed E-state index contributed by atoms with van der Waals surface area (Å²) >= 11 is 0. The van der Waals surface area contributed by atoms with Gasteiger partial charge in [-0.25, -0.2) is 0 Å². The van der Waals surface area contributed by atoms with E-state index in [1.165, 1.54) is 31.6 Å². The monoisotopic (exact) mass is 274 g/mol. The molecule has 0 unspecified atom stereocenters. The van der Waals surface area contributed by atoms with Crippen molar-refractivity contribution >= 4 is 17.3 Å². The number of Topliss-reactive ketones (excluding diaryl/α,β-unsaturated/α-hetero) is 3. The maximum Gasteiger partial charge on any atom is 0.208 e. The molecule has 0 amide bonds. The fourth-order valence-electron chi connectivity index (χ4n) is 1.91. The lowest BCUT2D eigenvalue weighted by molar-refractivity contribution is -0.117. The second-order valence-corrected chi connectivity index (χ2v) is 4.48. The van der Waals surface area contributed by atoms with E-state index in [4.69, 9.17) is 8.83 Å². The molecule has 0 atom stereocenters. The number of hydrogen-bond acceptors (Lipinski definition) is 5. The second-order valence-electron chi connectivity index (χ2n) is 4.48. The minimum Gasteiger partial charge on any atom is -0.461 e. The third kappa shape index (κ3) is 3.12. The molecule has 0 bridgehead atoms. The molecule has 0 aliphatic heterocycles. The zero-order chi connectivity index (χ0) is 14.5. The van der Waals surface area contributed by atoms with Crippen molar-refractivity contribution in [3.63, 3.8) is 0 Å². The minimum absolute atomic E-state index is 0.0745. The molecule has 104 valence electrons. The van der Waals surface area contributed by atoms with Crippen LogP contribution in [-0.4, -0.2) is 17.3 Å². The predicted octanol–water partition coefficient (Wildman–Crippen LogP) is 2.92. The van der Waals surface area contributed by atoms with Gasteiger partial charge in [0.1, 0.15) is 5.78 Å².